The summed E-state index contributed by atoms with van der Waals surface area (Å²) < 4.78 is 0.929. The van der Waals surface area contributed by atoms with Gasteiger partial charge in [-0.05, 0) is 54.8 Å². The van der Waals surface area contributed by atoms with Gasteiger partial charge in [0.15, 0.2) is 5.75 Å². The number of carbonyl (C=O) groups excluding carboxylic acids is 1. The zero-order chi connectivity index (χ0) is 16.8. The van der Waals surface area contributed by atoms with Gasteiger partial charge in [0.05, 0.1) is 0 Å². The Balaban J connectivity index is 1.91. The Bertz CT molecular complexity index is 751. The molecule has 0 spiro atoms. The minimum Gasteiger partial charge on any atom is -0.289 e. The number of carbonyl (C=O) groups is 1. The first-order chi connectivity index (χ1) is 11.0. The standard InChI is InChI=1S/C18H16BrNO3/c1-12-4-5-15(10-13(12)2)14(3)18(21)20-11-22-23-17-8-6-16(19)7-9-17/h4-11H,3H2,1-2H3. The number of aliphatic imine (C=N–C) groups is 1. The van der Waals surface area contributed by atoms with Crippen LogP contribution in [0.4, 0.5) is 0 Å². The van der Waals surface area contributed by atoms with Gasteiger partial charge < -0.3 is 0 Å². The van der Waals surface area contributed by atoms with E-state index in [1.807, 2.05) is 44.2 Å². The Morgan fingerprint density at radius 3 is 2.48 bits per heavy atom. The number of benzene rings is 2. The molecule has 0 unspecified atom stereocenters. The molecule has 2 rings (SSSR count). The van der Waals surface area contributed by atoms with Crippen molar-refractivity contribution in [3.05, 3.63) is 70.2 Å². The second-order valence-electron chi connectivity index (χ2n) is 4.95. The molecule has 23 heavy (non-hydrogen) atoms. The Kier molecular flexibility index (Phi) is 5.71. The summed E-state index contributed by atoms with van der Waals surface area (Å²) in [5.41, 5.74) is 3.29. The molecule has 0 aliphatic carbocycles. The maximum Gasteiger partial charge on any atom is 0.279 e. The smallest absolute Gasteiger partial charge is 0.279 e. The molecule has 4 nitrogen and oxygen atoms in total. The van der Waals surface area contributed by atoms with Crippen LogP contribution in [0.3, 0.4) is 0 Å². The lowest BCUT2D eigenvalue weighted by molar-refractivity contribution is -0.117. The zero-order valence-corrected chi connectivity index (χ0v) is 14.5. The molecule has 0 aromatic heterocycles. The molecule has 0 radical (unpaired) electrons. The highest BCUT2D eigenvalue weighted by Crippen LogP contribution is 2.18. The van der Waals surface area contributed by atoms with E-state index >= 15 is 0 Å². The third-order valence-electron chi connectivity index (χ3n) is 3.28. The van der Waals surface area contributed by atoms with Crippen LogP contribution < -0.4 is 4.89 Å². The Morgan fingerprint density at radius 2 is 1.83 bits per heavy atom. The van der Waals surface area contributed by atoms with Gasteiger partial charge in [-0.3, -0.25) is 14.6 Å². The fourth-order valence-corrected chi connectivity index (χ4v) is 2.03. The molecular formula is C18H16BrNO3. The quantitative estimate of drug-likeness (QED) is 0.252. The summed E-state index contributed by atoms with van der Waals surface area (Å²) in [6.45, 7) is 7.77. The summed E-state index contributed by atoms with van der Waals surface area (Å²) in [7, 11) is 0. The normalized spacial score (nSPS) is 10.6. The van der Waals surface area contributed by atoms with Crippen molar-refractivity contribution in [2.24, 2.45) is 4.99 Å². The second kappa shape index (κ2) is 7.74. The predicted molar refractivity (Wildman–Crippen MR) is 94.3 cm³/mol. The van der Waals surface area contributed by atoms with E-state index in [0.717, 1.165) is 27.6 Å². The lowest BCUT2D eigenvalue weighted by Gasteiger charge is -2.05. The van der Waals surface area contributed by atoms with Gasteiger partial charge in [0.2, 0.25) is 6.40 Å². The first-order valence-corrected chi connectivity index (χ1v) is 7.69. The van der Waals surface area contributed by atoms with Gasteiger partial charge in [0.25, 0.3) is 5.91 Å². The minimum atomic E-state index is -0.479. The fourth-order valence-electron chi connectivity index (χ4n) is 1.77. The van der Waals surface area contributed by atoms with Gasteiger partial charge in [0, 0.05) is 10.0 Å². The van der Waals surface area contributed by atoms with Crippen molar-refractivity contribution in [1.82, 2.24) is 0 Å². The van der Waals surface area contributed by atoms with Gasteiger partial charge in [-0.15, -0.1) is 0 Å². The average molecular weight is 374 g/mol. The van der Waals surface area contributed by atoms with Crippen LogP contribution in [0.15, 0.2) is 58.5 Å². The summed E-state index contributed by atoms with van der Waals surface area (Å²) in [4.78, 5) is 25.4. The van der Waals surface area contributed by atoms with Crippen LogP contribution in [-0.2, 0) is 9.68 Å². The molecule has 118 valence electrons. The van der Waals surface area contributed by atoms with Crippen LogP contribution >= 0.6 is 15.9 Å². The molecule has 5 heteroatoms. The summed E-state index contributed by atoms with van der Waals surface area (Å²) in [5.74, 6) is 0.0211. The number of nitrogens with zero attached hydrogens (tertiary/aromatic N) is 1. The molecule has 2 aromatic carbocycles. The first kappa shape index (κ1) is 17.0. The van der Waals surface area contributed by atoms with E-state index in [1.54, 1.807) is 12.1 Å². The van der Waals surface area contributed by atoms with Crippen molar-refractivity contribution in [3.8, 4) is 5.75 Å². The van der Waals surface area contributed by atoms with Crippen molar-refractivity contribution < 1.29 is 14.6 Å². The number of amides is 1. The first-order valence-electron chi connectivity index (χ1n) is 6.89. The molecule has 0 saturated carbocycles. The van der Waals surface area contributed by atoms with Crippen molar-refractivity contribution in [1.29, 1.82) is 0 Å². The van der Waals surface area contributed by atoms with E-state index in [9.17, 15) is 4.79 Å². The molecule has 0 saturated heterocycles. The monoisotopic (exact) mass is 373 g/mol. The molecular weight excluding hydrogens is 358 g/mol. The van der Waals surface area contributed by atoms with Gasteiger partial charge in [0.1, 0.15) is 0 Å². The Hall–Kier alpha value is -2.40. The molecule has 0 fully saturated rings. The number of hydrogen-bond donors (Lipinski definition) is 0. The van der Waals surface area contributed by atoms with Crippen LogP contribution in [0, 0.1) is 13.8 Å². The van der Waals surface area contributed by atoms with E-state index in [-0.39, 0.29) is 0 Å². The molecule has 0 heterocycles. The second-order valence-corrected chi connectivity index (χ2v) is 5.87. The Morgan fingerprint density at radius 1 is 1.13 bits per heavy atom. The molecule has 0 N–H and O–H groups in total. The van der Waals surface area contributed by atoms with Crippen LogP contribution in [0.2, 0.25) is 0 Å². The van der Waals surface area contributed by atoms with E-state index < -0.39 is 5.91 Å². The molecule has 0 atom stereocenters. The van der Waals surface area contributed by atoms with Crippen molar-refractivity contribution in [2.45, 2.75) is 13.8 Å². The maximum absolute atomic E-state index is 12.0. The van der Waals surface area contributed by atoms with Crippen molar-refractivity contribution in [2.75, 3.05) is 0 Å². The fraction of sp³-hybridized carbons (Fsp3) is 0.111. The number of aryl methyl sites for hydroxylation is 2. The average Bonchev–Trinajstić information content (AvgIpc) is 2.55. The molecule has 0 bridgehead atoms. The highest BCUT2D eigenvalue weighted by Gasteiger charge is 2.08. The number of halogens is 1. The van der Waals surface area contributed by atoms with E-state index in [4.69, 9.17) is 9.78 Å². The lowest BCUT2D eigenvalue weighted by Crippen LogP contribution is -2.01. The molecule has 0 aliphatic rings. The van der Waals surface area contributed by atoms with Gasteiger partial charge >= 0.3 is 0 Å². The van der Waals surface area contributed by atoms with E-state index in [1.165, 1.54) is 0 Å². The van der Waals surface area contributed by atoms with E-state index in [2.05, 4.69) is 27.5 Å². The third kappa shape index (κ3) is 4.79. The predicted octanol–water partition coefficient (Wildman–Crippen LogP) is 4.64. The topological polar surface area (TPSA) is 47.9 Å². The third-order valence-corrected chi connectivity index (χ3v) is 3.81. The van der Waals surface area contributed by atoms with E-state index in [0.29, 0.717) is 11.3 Å². The molecule has 1 amide bonds. The Labute approximate surface area is 143 Å². The van der Waals surface area contributed by atoms with Crippen LogP contribution in [0.25, 0.3) is 5.57 Å². The van der Waals surface area contributed by atoms with Crippen LogP contribution in [0.1, 0.15) is 16.7 Å². The summed E-state index contributed by atoms with van der Waals surface area (Å²) in [6.07, 6.45) is 0.955. The summed E-state index contributed by atoms with van der Waals surface area (Å²) in [6, 6.07) is 12.7. The number of hydrogen-bond acceptors (Lipinski definition) is 3. The largest absolute Gasteiger partial charge is 0.289 e. The molecule has 0 aliphatic heterocycles. The molecule has 2 aromatic rings. The lowest BCUT2D eigenvalue weighted by atomic mass is 10.0. The minimum absolute atomic E-state index is 0.302. The van der Waals surface area contributed by atoms with Gasteiger partial charge in [-0.1, -0.05) is 40.7 Å². The van der Waals surface area contributed by atoms with Crippen molar-refractivity contribution in [3.63, 3.8) is 0 Å². The highest BCUT2D eigenvalue weighted by atomic mass is 79.9. The van der Waals surface area contributed by atoms with Gasteiger partial charge in [-0.2, -0.15) is 4.99 Å². The van der Waals surface area contributed by atoms with Gasteiger partial charge in [-0.25, -0.2) is 0 Å². The number of rotatable bonds is 5. The van der Waals surface area contributed by atoms with Crippen LogP contribution in [-0.4, -0.2) is 12.3 Å². The SMILES string of the molecule is C=C(C(=O)N=COOc1ccc(Br)cc1)c1ccc(C)c(C)c1. The summed E-state index contributed by atoms with van der Waals surface area (Å²) >= 11 is 3.32. The van der Waals surface area contributed by atoms with Crippen molar-refractivity contribution >= 4 is 33.8 Å². The summed E-state index contributed by atoms with van der Waals surface area (Å²) in [5, 5.41) is 0. The zero-order valence-electron chi connectivity index (χ0n) is 12.9. The van der Waals surface area contributed by atoms with Crippen LogP contribution in [0.5, 0.6) is 5.75 Å². The maximum atomic E-state index is 12.0. The highest BCUT2D eigenvalue weighted by molar-refractivity contribution is 9.10.